The number of hydrogen-bond acceptors (Lipinski definition) is 17. The molecule has 28 heteroatoms. The molecule has 398 valence electrons. The van der Waals surface area contributed by atoms with Gasteiger partial charge >= 0.3 is 5.97 Å². The molecule has 0 radical (unpaired) electrons. The second kappa shape index (κ2) is 31.0. The molecule has 1 aliphatic heterocycles. The molecule has 28 nitrogen and oxygen atoms in total. The van der Waals surface area contributed by atoms with E-state index in [-0.39, 0.29) is 38.5 Å². The molecule has 9 atom stereocenters. The molecule has 0 bridgehead atoms. The largest absolute Gasteiger partial charge is 0.481 e. The number of carboxylic acid groups (broad SMARTS) is 1. The average Bonchev–Trinajstić information content (AvgIpc) is 3.32. The van der Waals surface area contributed by atoms with Crippen LogP contribution in [0.2, 0.25) is 0 Å². The number of nitrogens with one attached hydrogen (secondary N) is 8. The van der Waals surface area contributed by atoms with Crippen LogP contribution in [0.1, 0.15) is 83.1 Å². The molecule has 0 aromatic heterocycles. The van der Waals surface area contributed by atoms with E-state index in [2.05, 4.69) is 31.9 Å². The Labute approximate surface area is 411 Å². The third-order valence-corrected chi connectivity index (χ3v) is 10.9. The quantitative estimate of drug-likeness (QED) is 0.0770. The molecule has 1 aliphatic rings. The van der Waals surface area contributed by atoms with Gasteiger partial charge in [-0.2, -0.15) is 0 Å². The molecule has 72 heavy (non-hydrogen) atoms. The predicted molar refractivity (Wildman–Crippen MR) is 245 cm³/mol. The molecule has 17 N–H and O–H groups in total. The number of rotatable bonds is 14. The van der Waals surface area contributed by atoms with E-state index in [1.807, 2.05) is 10.6 Å². The summed E-state index contributed by atoms with van der Waals surface area (Å²) in [5.41, 5.74) is 11.0. The Morgan fingerprint density at radius 2 is 0.944 bits per heavy atom. The number of amides is 10. The summed E-state index contributed by atoms with van der Waals surface area (Å²) in [5, 5.41) is 67.6. The number of nitrogens with two attached hydrogens (primary N) is 2. The first-order chi connectivity index (χ1) is 34.0. The van der Waals surface area contributed by atoms with Gasteiger partial charge < -0.3 is 79.5 Å². The summed E-state index contributed by atoms with van der Waals surface area (Å²) < 4.78 is 0. The number of carbonyl (C=O) groups is 13. The van der Waals surface area contributed by atoms with Crippen LogP contribution in [0.25, 0.3) is 0 Å². The van der Waals surface area contributed by atoms with Crippen LogP contribution in [0.4, 0.5) is 0 Å². The maximum Gasteiger partial charge on any atom is 0.303 e. The van der Waals surface area contributed by atoms with E-state index >= 15 is 0 Å². The van der Waals surface area contributed by atoms with E-state index in [4.69, 9.17) is 11.5 Å². The number of benzene rings is 1. The third kappa shape index (κ3) is 21.3. The fourth-order valence-electron chi connectivity index (χ4n) is 6.95. The lowest BCUT2D eigenvalue weighted by atomic mass is 9.96. The summed E-state index contributed by atoms with van der Waals surface area (Å²) in [7, 11) is 0. The highest BCUT2D eigenvalue weighted by Gasteiger charge is 2.38. The van der Waals surface area contributed by atoms with Gasteiger partial charge in [0, 0.05) is 32.1 Å². The lowest BCUT2D eigenvalue weighted by Gasteiger charge is -2.28. The molecule has 0 saturated carbocycles. The highest BCUT2D eigenvalue weighted by atomic mass is 16.4. The number of ketones is 2. The average molecular weight is 1020 g/mol. The standard InChI is InChI=1S/C44H64N10O18/c1-22(58)36-44(72)53-30(21-57)42(70)49-25(14-16-35(63)64)40(68)51-28(19-55)38(66)37(65)26(17-23-9-5-4-6-10-23)48-34(62)12-8-3-2-7-11-33(61)47-24(13-15-31(45)59)39(67)52-29(20-56)43(71)50-27(18-32(46)60)41(69)54-36/h4-6,9-10,22,24-30,36,55-58H,2-3,7-8,11-21H2,1H3,(H2,45,59)(H2,46,60)(H,47,61)(H,48,62)(H,49,70)(H,50,71)(H,51,68)(H,52,67)(H,53,72)(H,54,69)(H,63,64)/t22-,24?,25?,26+,27+,28+,29?,30+,36+/m1/s1. The number of Topliss-reactive ketones (excluding diaryl/α,β-unsaturated/α-hetero) is 2. The third-order valence-electron chi connectivity index (χ3n) is 10.9. The van der Waals surface area contributed by atoms with Crippen LogP contribution < -0.4 is 54.0 Å². The van der Waals surface area contributed by atoms with Gasteiger partial charge in [-0.3, -0.25) is 62.3 Å². The molecular formula is C44H64N10O18. The van der Waals surface area contributed by atoms with Gasteiger partial charge in [0.25, 0.3) is 0 Å². The van der Waals surface area contributed by atoms with Gasteiger partial charge in [-0.05, 0) is 38.2 Å². The van der Waals surface area contributed by atoms with Crippen molar-refractivity contribution in [2.24, 2.45) is 11.5 Å². The van der Waals surface area contributed by atoms with Crippen LogP contribution in [0.15, 0.2) is 30.3 Å². The Balaban J connectivity index is 2.58. The molecule has 1 heterocycles. The van der Waals surface area contributed by atoms with Crippen molar-refractivity contribution in [1.29, 1.82) is 0 Å². The van der Waals surface area contributed by atoms with Gasteiger partial charge in [0.15, 0.2) is 0 Å². The number of aliphatic hydroxyl groups is 4. The Morgan fingerprint density at radius 3 is 1.43 bits per heavy atom. The van der Waals surface area contributed by atoms with Crippen LogP contribution in [-0.4, -0.2) is 176 Å². The first-order valence-corrected chi connectivity index (χ1v) is 22.8. The smallest absolute Gasteiger partial charge is 0.303 e. The van der Waals surface area contributed by atoms with Crippen LogP contribution in [0, 0.1) is 0 Å². The molecular weight excluding hydrogens is 957 g/mol. The van der Waals surface area contributed by atoms with Crippen molar-refractivity contribution in [3.63, 3.8) is 0 Å². The molecule has 1 aromatic rings. The van der Waals surface area contributed by atoms with Gasteiger partial charge in [0.1, 0.15) is 42.3 Å². The number of hydrogen-bond donors (Lipinski definition) is 15. The number of carbonyl (C=O) groups excluding carboxylic acids is 12. The summed E-state index contributed by atoms with van der Waals surface area (Å²) >= 11 is 0. The highest BCUT2D eigenvalue weighted by molar-refractivity contribution is 6.41. The van der Waals surface area contributed by atoms with Crippen molar-refractivity contribution in [1.82, 2.24) is 42.5 Å². The van der Waals surface area contributed by atoms with Gasteiger partial charge in [-0.1, -0.05) is 43.2 Å². The normalized spacial score (nSPS) is 25.2. The van der Waals surface area contributed by atoms with Crippen molar-refractivity contribution in [2.45, 2.75) is 138 Å². The summed E-state index contributed by atoms with van der Waals surface area (Å²) in [6.45, 7) is -2.60. The van der Waals surface area contributed by atoms with Crippen LogP contribution in [0.3, 0.4) is 0 Å². The Morgan fingerprint density at radius 1 is 0.528 bits per heavy atom. The second-order valence-corrected chi connectivity index (χ2v) is 16.8. The Kier molecular flexibility index (Phi) is 26.1. The predicted octanol–water partition coefficient (Wildman–Crippen LogP) is -7.04. The van der Waals surface area contributed by atoms with Crippen molar-refractivity contribution in [2.75, 3.05) is 19.8 Å². The van der Waals surface area contributed by atoms with E-state index in [0.717, 1.165) is 6.92 Å². The van der Waals surface area contributed by atoms with E-state index < -0.39 is 177 Å². The first-order valence-electron chi connectivity index (χ1n) is 22.8. The SMILES string of the molecule is C[C@@H](O)[C@@H]1NC(=O)[C@H](CC(N)=O)NC(=O)C(CO)NC(=O)C(CCC(N)=O)NC(=O)CCCCCCC(=O)N[C@@H](Cc2ccccc2)C(=O)C(=O)[C@H](CO)NC(=O)C(CCC(=O)O)NC(=O)[C@H](CO)NC1=O. The van der Waals surface area contributed by atoms with Crippen molar-refractivity contribution in [3.8, 4) is 0 Å². The van der Waals surface area contributed by atoms with Crippen molar-refractivity contribution in [3.05, 3.63) is 35.9 Å². The molecule has 1 fully saturated rings. The first kappa shape index (κ1) is 60.7. The Hall–Kier alpha value is -7.43. The minimum Gasteiger partial charge on any atom is -0.481 e. The number of primary amides is 2. The minimum atomic E-state index is -2.06. The zero-order valence-corrected chi connectivity index (χ0v) is 39.4. The molecule has 0 spiro atoms. The number of carboxylic acids is 1. The van der Waals surface area contributed by atoms with E-state index in [9.17, 15) is 87.9 Å². The van der Waals surface area contributed by atoms with Crippen LogP contribution >= 0.6 is 0 Å². The van der Waals surface area contributed by atoms with Gasteiger partial charge in [0.2, 0.25) is 70.6 Å². The summed E-state index contributed by atoms with van der Waals surface area (Å²) in [5.74, 6) is -15.4. The van der Waals surface area contributed by atoms with Crippen molar-refractivity contribution >= 4 is 76.6 Å². The zero-order valence-electron chi connectivity index (χ0n) is 39.4. The topological polar surface area (TPSA) is 471 Å². The summed E-state index contributed by atoms with van der Waals surface area (Å²) in [6.07, 6.45) is -4.47. The van der Waals surface area contributed by atoms with Crippen LogP contribution in [-0.2, 0) is 68.7 Å². The second-order valence-electron chi connectivity index (χ2n) is 16.8. The Bertz CT molecular complexity index is 2130. The lowest BCUT2D eigenvalue weighted by Crippen LogP contribution is -2.63. The maximum atomic E-state index is 13.7. The van der Waals surface area contributed by atoms with Gasteiger partial charge in [-0.15, -0.1) is 0 Å². The fraction of sp³-hybridized carbons (Fsp3) is 0.568. The fourth-order valence-corrected chi connectivity index (χ4v) is 6.95. The summed E-state index contributed by atoms with van der Waals surface area (Å²) in [4.78, 5) is 169. The minimum absolute atomic E-state index is 0.165. The van der Waals surface area contributed by atoms with Gasteiger partial charge in [-0.25, -0.2) is 0 Å². The number of aliphatic hydroxyl groups excluding tert-OH is 4. The van der Waals surface area contributed by atoms with E-state index in [0.29, 0.717) is 18.4 Å². The summed E-state index contributed by atoms with van der Waals surface area (Å²) in [6, 6.07) is -6.74. The molecule has 0 aliphatic carbocycles. The molecule has 3 unspecified atom stereocenters. The van der Waals surface area contributed by atoms with E-state index in [1.165, 1.54) is 0 Å². The van der Waals surface area contributed by atoms with E-state index in [1.54, 1.807) is 30.3 Å². The molecule has 1 saturated heterocycles. The highest BCUT2D eigenvalue weighted by Crippen LogP contribution is 2.11. The lowest BCUT2D eigenvalue weighted by molar-refractivity contribution is -0.142. The molecule has 2 rings (SSSR count). The number of aliphatic carboxylic acids is 1. The zero-order chi connectivity index (χ0) is 54.1. The monoisotopic (exact) mass is 1020 g/mol. The molecule has 1 aromatic carbocycles. The van der Waals surface area contributed by atoms with Crippen LogP contribution in [0.5, 0.6) is 0 Å². The maximum absolute atomic E-state index is 13.7. The van der Waals surface area contributed by atoms with Crippen molar-refractivity contribution < 1.29 is 87.9 Å². The van der Waals surface area contributed by atoms with Gasteiger partial charge in [0.05, 0.1) is 38.4 Å². The molecule has 10 amide bonds.